The third-order valence-electron chi connectivity index (χ3n) is 4.01. The third-order valence-corrected chi connectivity index (χ3v) is 4.27. The number of aromatic nitrogens is 4. The predicted molar refractivity (Wildman–Crippen MR) is 92.6 cm³/mol. The van der Waals surface area contributed by atoms with Crippen LogP contribution in [0, 0.1) is 5.92 Å². The minimum Gasteiger partial charge on any atom is -0.318 e. The molecule has 2 aromatic heterocycles. The van der Waals surface area contributed by atoms with Gasteiger partial charge in [0.15, 0.2) is 11.2 Å². The average Bonchev–Trinajstić information content (AvgIpc) is 2.95. The van der Waals surface area contributed by atoms with Gasteiger partial charge >= 0.3 is 0 Å². The van der Waals surface area contributed by atoms with Gasteiger partial charge in [0.1, 0.15) is 5.82 Å². The van der Waals surface area contributed by atoms with Crippen molar-refractivity contribution >= 4 is 22.8 Å². The lowest BCUT2D eigenvalue weighted by Gasteiger charge is -2.14. The molecule has 0 unspecified atom stereocenters. The molecule has 0 aliphatic heterocycles. The lowest BCUT2D eigenvalue weighted by Crippen LogP contribution is -2.24. The Balaban J connectivity index is 2.18. The summed E-state index contributed by atoms with van der Waals surface area (Å²) in [5, 5.41) is 0.589. The first-order valence-electron chi connectivity index (χ1n) is 7.76. The van der Waals surface area contributed by atoms with E-state index in [4.69, 9.17) is 11.6 Å². The molecule has 0 spiro atoms. The van der Waals surface area contributed by atoms with Gasteiger partial charge in [-0.2, -0.15) is 0 Å². The van der Waals surface area contributed by atoms with E-state index in [1.165, 1.54) is 4.57 Å². The standard InChI is InChI=1S/C17H18ClFN4O/c1-11(9-19)3-8-14-21-16-15(20-10-22(16)2)17(24)23(14)13-6-4-12(18)5-7-13/h4-7,10-11H,3,8-9H2,1-2H3/t11-/m0/s1. The van der Waals surface area contributed by atoms with Crippen molar-refractivity contribution < 1.29 is 4.39 Å². The smallest absolute Gasteiger partial charge is 0.286 e. The summed E-state index contributed by atoms with van der Waals surface area (Å²) in [7, 11) is 1.79. The number of nitrogens with zero attached hydrogens (tertiary/aromatic N) is 4. The van der Waals surface area contributed by atoms with Gasteiger partial charge in [0, 0.05) is 18.5 Å². The Morgan fingerprint density at radius 1 is 1.29 bits per heavy atom. The molecule has 0 aliphatic rings. The summed E-state index contributed by atoms with van der Waals surface area (Å²) in [4.78, 5) is 21.7. The fraction of sp³-hybridized carbons (Fsp3) is 0.353. The Morgan fingerprint density at radius 2 is 2.00 bits per heavy atom. The highest BCUT2D eigenvalue weighted by atomic mass is 35.5. The summed E-state index contributed by atoms with van der Waals surface area (Å²) in [6.07, 6.45) is 2.68. The van der Waals surface area contributed by atoms with Gasteiger partial charge < -0.3 is 4.57 Å². The van der Waals surface area contributed by atoms with E-state index < -0.39 is 0 Å². The number of fused-ring (bicyclic) bond motifs is 1. The van der Waals surface area contributed by atoms with E-state index >= 15 is 0 Å². The van der Waals surface area contributed by atoms with Gasteiger partial charge in [-0.15, -0.1) is 0 Å². The second kappa shape index (κ2) is 6.73. The number of rotatable bonds is 5. The molecule has 0 bridgehead atoms. The Hall–Kier alpha value is -2.21. The average molecular weight is 349 g/mol. The molecule has 3 aromatic rings. The monoisotopic (exact) mass is 348 g/mol. The van der Waals surface area contributed by atoms with Crippen molar-refractivity contribution in [2.24, 2.45) is 13.0 Å². The van der Waals surface area contributed by atoms with E-state index in [9.17, 15) is 9.18 Å². The van der Waals surface area contributed by atoms with Crippen LogP contribution in [-0.4, -0.2) is 25.8 Å². The van der Waals surface area contributed by atoms with Crippen LogP contribution in [0.3, 0.4) is 0 Å². The van der Waals surface area contributed by atoms with Gasteiger partial charge in [-0.1, -0.05) is 18.5 Å². The molecule has 0 fully saturated rings. The number of hydrogen-bond donors (Lipinski definition) is 0. The molecule has 5 nitrogen and oxygen atoms in total. The van der Waals surface area contributed by atoms with E-state index in [1.54, 1.807) is 42.2 Å². The Kier molecular flexibility index (Phi) is 4.66. The SMILES string of the molecule is C[C@H](CF)CCc1nc2c(ncn2C)c(=O)n1-c1ccc(Cl)cc1. The van der Waals surface area contributed by atoms with Crippen LogP contribution >= 0.6 is 11.6 Å². The highest BCUT2D eigenvalue weighted by Crippen LogP contribution is 2.17. The van der Waals surface area contributed by atoms with Crippen LogP contribution in [0.25, 0.3) is 16.9 Å². The number of alkyl halides is 1. The van der Waals surface area contributed by atoms with Crippen molar-refractivity contribution in [2.45, 2.75) is 19.8 Å². The first-order chi connectivity index (χ1) is 11.5. The van der Waals surface area contributed by atoms with Crippen molar-refractivity contribution in [3.63, 3.8) is 0 Å². The van der Waals surface area contributed by atoms with Crippen molar-refractivity contribution in [2.75, 3.05) is 6.67 Å². The van der Waals surface area contributed by atoms with Gasteiger partial charge in [0.2, 0.25) is 0 Å². The van der Waals surface area contributed by atoms with Gasteiger partial charge in [-0.3, -0.25) is 13.8 Å². The molecule has 3 rings (SSSR count). The maximum absolute atomic E-state index is 12.9. The zero-order valence-corrected chi connectivity index (χ0v) is 14.3. The van der Waals surface area contributed by atoms with Crippen LogP contribution in [-0.2, 0) is 13.5 Å². The van der Waals surface area contributed by atoms with Crippen molar-refractivity contribution in [3.8, 4) is 5.69 Å². The van der Waals surface area contributed by atoms with E-state index in [0.29, 0.717) is 40.5 Å². The highest BCUT2D eigenvalue weighted by Gasteiger charge is 2.16. The number of aryl methyl sites for hydroxylation is 2. The molecule has 126 valence electrons. The number of halogens is 2. The fourth-order valence-electron chi connectivity index (χ4n) is 2.58. The summed E-state index contributed by atoms with van der Waals surface area (Å²) in [6.45, 7) is 1.45. The summed E-state index contributed by atoms with van der Waals surface area (Å²) in [6, 6.07) is 6.98. The molecule has 0 amide bonds. The molecule has 1 atom stereocenters. The molecule has 0 radical (unpaired) electrons. The summed E-state index contributed by atoms with van der Waals surface area (Å²) in [5.74, 6) is 0.515. The normalized spacial score (nSPS) is 12.7. The van der Waals surface area contributed by atoms with Gasteiger partial charge in [0.05, 0.1) is 18.7 Å². The zero-order chi connectivity index (χ0) is 17.3. The Bertz CT molecular complexity index is 917. The molecule has 0 aliphatic carbocycles. The maximum atomic E-state index is 12.9. The zero-order valence-electron chi connectivity index (χ0n) is 13.5. The summed E-state index contributed by atoms with van der Waals surface area (Å²) < 4.78 is 16.0. The molecular formula is C17H18ClFN4O. The number of imidazole rings is 1. The second-order valence-corrected chi connectivity index (χ2v) is 6.41. The number of hydrogen-bond acceptors (Lipinski definition) is 3. The van der Waals surface area contributed by atoms with E-state index in [2.05, 4.69) is 9.97 Å². The summed E-state index contributed by atoms with van der Waals surface area (Å²) in [5.41, 5.74) is 1.29. The third kappa shape index (κ3) is 3.06. The largest absolute Gasteiger partial charge is 0.318 e. The quantitative estimate of drug-likeness (QED) is 0.710. The van der Waals surface area contributed by atoms with E-state index in [0.717, 1.165) is 0 Å². The highest BCUT2D eigenvalue weighted by molar-refractivity contribution is 6.30. The molecule has 7 heteroatoms. The molecule has 1 aromatic carbocycles. The molecule has 0 N–H and O–H groups in total. The molecule has 0 saturated carbocycles. The van der Waals surface area contributed by atoms with Crippen LogP contribution in [0.2, 0.25) is 5.02 Å². The predicted octanol–water partition coefficient (Wildman–Crippen LogP) is 3.31. The minimum absolute atomic E-state index is 0.0807. The minimum atomic E-state index is -0.390. The van der Waals surface area contributed by atoms with Crippen LogP contribution in [0.15, 0.2) is 35.4 Å². The van der Waals surface area contributed by atoms with Crippen LogP contribution < -0.4 is 5.56 Å². The Morgan fingerprint density at radius 3 is 2.67 bits per heavy atom. The van der Waals surface area contributed by atoms with Crippen molar-refractivity contribution in [1.82, 2.24) is 19.1 Å². The van der Waals surface area contributed by atoms with Gasteiger partial charge in [0.25, 0.3) is 5.56 Å². The second-order valence-electron chi connectivity index (χ2n) is 5.97. The fourth-order valence-corrected chi connectivity index (χ4v) is 2.70. The Labute approximate surface area is 143 Å². The molecule has 0 saturated heterocycles. The van der Waals surface area contributed by atoms with Crippen LogP contribution in [0.4, 0.5) is 4.39 Å². The maximum Gasteiger partial charge on any atom is 0.286 e. The topological polar surface area (TPSA) is 52.7 Å². The molecule has 24 heavy (non-hydrogen) atoms. The van der Waals surface area contributed by atoms with E-state index in [1.807, 2.05) is 6.92 Å². The first kappa shape index (κ1) is 16.6. The van der Waals surface area contributed by atoms with Crippen molar-refractivity contribution in [1.29, 1.82) is 0 Å². The molecular weight excluding hydrogens is 331 g/mol. The summed E-state index contributed by atoms with van der Waals surface area (Å²) >= 11 is 5.94. The van der Waals surface area contributed by atoms with Gasteiger partial charge in [-0.05, 0) is 36.6 Å². The molecule has 2 heterocycles. The number of benzene rings is 1. The van der Waals surface area contributed by atoms with Gasteiger partial charge in [-0.25, -0.2) is 9.97 Å². The van der Waals surface area contributed by atoms with Crippen LogP contribution in [0.5, 0.6) is 0 Å². The first-order valence-corrected chi connectivity index (χ1v) is 8.14. The van der Waals surface area contributed by atoms with Crippen LogP contribution in [0.1, 0.15) is 19.2 Å². The lowest BCUT2D eigenvalue weighted by atomic mass is 10.1. The van der Waals surface area contributed by atoms with Crippen molar-refractivity contribution in [3.05, 3.63) is 51.8 Å². The van der Waals surface area contributed by atoms with E-state index in [-0.39, 0.29) is 18.2 Å². The lowest BCUT2D eigenvalue weighted by molar-refractivity contribution is 0.364.